The lowest BCUT2D eigenvalue weighted by Crippen LogP contribution is -2.42. The van der Waals surface area contributed by atoms with E-state index in [-0.39, 0.29) is 17.7 Å². The molecule has 0 atom stereocenters. The van der Waals surface area contributed by atoms with Crippen LogP contribution in [0.1, 0.15) is 22.5 Å². The van der Waals surface area contributed by atoms with Gasteiger partial charge in [0.2, 0.25) is 0 Å². The Kier molecular flexibility index (Phi) is 5.66. The first kappa shape index (κ1) is 22.1. The summed E-state index contributed by atoms with van der Waals surface area (Å²) in [6.07, 6.45) is 3.37. The van der Waals surface area contributed by atoms with Crippen LogP contribution in [0, 0.1) is 0 Å². The van der Waals surface area contributed by atoms with Crippen LogP contribution in [0.2, 0.25) is 0 Å². The van der Waals surface area contributed by atoms with Crippen LogP contribution in [0.15, 0.2) is 71.3 Å². The molecule has 1 amide bonds. The predicted molar refractivity (Wildman–Crippen MR) is 142 cm³/mol. The number of likely N-dealkylation sites (tertiary alicyclic amines) is 1. The Balaban J connectivity index is 1.21. The maximum atomic E-state index is 13.1. The molecular formula is C26H22BrN5O2S. The van der Waals surface area contributed by atoms with Crippen LogP contribution in [0.4, 0.5) is 5.82 Å². The van der Waals surface area contributed by atoms with E-state index >= 15 is 0 Å². The number of halogens is 1. The van der Waals surface area contributed by atoms with Crippen molar-refractivity contribution in [1.29, 1.82) is 0 Å². The number of phenolic OH excluding ortho intramolecular Hbond substituents is 1. The first-order valence-electron chi connectivity index (χ1n) is 11.4. The molecule has 0 radical (unpaired) electrons. The third-order valence-corrected chi connectivity index (χ3v) is 8.04. The van der Waals surface area contributed by atoms with Gasteiger partial charge in [0.05, 0.1) is 21.2 Å². The average molecular weight is 548 g/mol. The van der Waals surface area contributed by atoms with E-state index in [1.807, 2.05) is 47.4 Å². The van der Waals surface area contributed by atoms with Gasteiger partial charge in [-0.15, -0.1) is 11.3 Å². The number of rotatable bonds is 4. The summed E-state index contributed by atoms with van der Waals surface area (Å²) in [5.74, 6) is 1.08. The predicted octanol–water partition coefficient (Wildman–Crippen LogP) is 5.80. The average Bonchev–Trinajstić information content (AvgIpc) is 3.48. The Hall–Kier alpha value is -3.43. The molecule has 7 nitrogen and oxygen atoms in total. The van der Waals surface area contributed by atoms with E-state index in [1.165, 1.54) is 0 Å². The fraction of sp³-hybridized carbons (Fsp3) is 0.192. The Bertz CT molecular complexity index is 1520. The van der Waals surface area contributed by atoms with Crippen molar-refractivity contribution >= 4 is 54.7 Å². The van der Waals surface area contributed by atoms with Crippen molar-refractivity contribution in [2.45, 2.75) is 18.9 Å². The smallest absolute Gasteiger partial charge is 0.263 e. The van der Waals surface area contributed by atoms with Gasteiger partial charge >= 0.3 is 0 Å². The zero-order valence-electron chi connectivity index (χ0n) is 18.7. The van der Waals surface area contributed by atoms with Crippen molar-refractivity contribution in [1.82, 2.24) is 19.5 Å². The lowest BCUT2D eigenvalue weighted by Gasteiger charge is -2.32. The maximum Gasteiger partial charge on any atom is 0.263 e. The van der Waals surface area contributed by atoms with Crippen molar-refractivity contribution in [2.75, 3.05) is 18.4 Å². The standard InChI is InChI=1S/C26H22BrN5O2S/c27-19-15-28-32-24(14-20(30-25(19)32)18-6-2-3-7-21(18)33)29-17-9-11-31(12-10-17)26(34)23-13-16-5-1-4-8-22(16)35-23/h1-8,13-15,17,29,33H,9-12H2. The molecule has 3 aromatic heterocycles. The van der Waals surface area contributed by atoms with Crippen molar-refractivity contribution in [2.24, 2.45) is 0 Å². The number of phenols is 1. The summed E-state index contributed by atoms with van der Waals surface area (Å²) in [4.78, 5) is 20.6. The SMILES string of the molecule is O=C(c1cc2ccccc2s1)N1CCC(Nc2cc(-c3ccccc3O)nc3c(Br)cnn23)CC1. The van der Waals surface area contributed by atoms with Gasteiger partial charge in [0.15, 0.2) is 5.65 Å². The summed E-state index contributed by atoms with van der Waals surface area (Å²) in [7, 11) is 0. The van der Waals surface area contributed by atoms with Gasteiger partial charge in [-0.1, -0.05) is 30.3 Å². The molecule has 176 valence electrons. The van der Waals surface area contributed by atoms with Gasteiger partial charge < -0.3 is 15.3 Å². The van der Waals surface area contributed by atoms with E-state index in [2.05, 4.69) is 32.4 Å². The number of fused-ring (bicyclic) bond motifs is 2. The minimum Gasteiger partial charge on any atom is -0.507 e. The molecule has 35 heavy (non-hydrogen) atoms. The van der Waals surface area contributed by atoms with Crippen molar-refractivity contribution in [3.8, 4) is 17.0 Å². The largest absolute Gasteiger partial charge is 0.507 e. The minimum absolute atomic E-state index is 0.105. The Morgan fingerprint density at radius 2 is 1.86 bits per heavy atom. The minimum atomic E-state index is 0.105. The topological polar surface area (TPSA) is 82.8 Å². The number of carbonyl (C=O) groups is 1. The normalized spacial score (nSPS) is 14.6. The second-order valence-corrected chi connectivity index (χ2v) is 10.6. The highest BCUT2D eigenvalue weighted by atomic mass is 79.9. The molecule has 0 saturated carbocycles. The fourth-order valence-corrected chi connectivity index (χ4v) is 5.93. The summed E-state index contributed by atoms with van der Waals surface area (Å²) >= 11 is 5.09. The number of amides is 1. The molecule has 1 saturated heterocycles. The molecule has 4 heterocycles. The number of hydrogen-bond donors (Lipinski definition) is 2. The van der Waals surface area contributed by atoms with Gasteiger partial charge in [0.25, 0.3) is 5.91 Å². The number of para-hydroxylation sites is 1. The number of carbonyl (C=O) groups excluding carboxylic acids is 1. The fourth-order valence-electron chi connectivity index (χ4n) is 4.55. The summed E-state index contributed by atoms with van der Waals surface area (Å²) in [6, 6.07) is 19.4. The molecule has 0 spiro atoms. The van der Waals surface area contributed by atoms with Crippen LogP contribution >= 0.6 is 27.3 Å². The van der Waals surface area contributed by atoms with E-state index in [1.54, 1.807) is 34.2 Å². The molecule has 1 aliphatic rings. The number of benzene rings is 2. The van der Waals surface area contributed by atoms with Crippen molar-refractivity contribution in [3.05, 3.63) is 76.2 Å². The van der Waals surface area contributed by atoms with Crippen LogP contribution in [-0.4, -0.2) is 49.6 Å². The molecule has 0 unspecified atom stereocenters. The highest BCUT2D eigenvalue weighted by molar-refractivity contribution is 9.10. The first-order valence-corrected chi connectivity index (χ1v) is 13.0. The van der Waals surface area contributed by atoms with Gasteiger partial charge in [-0.2, -0.15) is 9.61 Å². The Labute approximate surface area is 214 Å². The van der Waals surface area contributed by atoms with Crippen LogP contribution in [0.25, 0.3) is 27.0 Å². The van der Waals surface area contributed by atoms with Crippen LogP contribution in [0.5, 0.6) is 5.75 Å². The van der Waals surface area contributed by atoms with Crippen LogP contribution in [0.3, 0.4) is 0 Å². The van der Waals surface area contributed by atoms with E-state index in [4.69, 9.17) is 4.98 Å². The monoisotopic (exact) mass is 547 g/mol. The zero-order valence-corrected chi connectivity index (χ0v) is 21.1. The number of nitrogens with one attached hydrogen (secondary N) is 1. The number of aromatic hydroxyl groups is 1. The highest BCUT2D eigenvalue weighted by Gasteiger charge is 2.26. The second kappa shape index (κ2) is 8.98. The molecule has 2 aromatic carbocycles. The second-order valence-electron chi connectivity index (χ2n) is 8.63. The van der Waals surface area contributed by atoms with Crippen LogP contribution in [-0.2, 0) is 0 Å². The van der Waals surface area contributed by atoms with E-state index in [0.717, 1.165) is 38.1 Å². The first-order chi connectivity index (χ1) is 17.1. The molecule has 1 aliphatic heterocycles. The molecule has 0 bridgehead atoms. The third-order valence-electron chi connectivity index (χ3n) is 6.38. The van der Waals surface area contributed by atoms with Crippen molar-refractivity contribution < 1.29 is 9.90 Å². The number of aromatic nitrogens is 3. The zero-order chi connectivity index (χ0) is 23.9. The Morgan fingerprint density at radius 3 is 2.66 bits per heavy atom. The quantitative estimate of drug-likeness (QED) is 0.297. The number of nitrogens with zero attached hydrogens (tertiary/aromatic N) is 4. The number of piperidine rings is 1. The van der Waals surface area contributed by atoms with Gasteiger partial charge in [-0.05, 0) is 58.4 Å². The van der Waals surface area contributed by atoms with Crippen LogP contribution < -0.4 is 5.32 Å². The summed E-state index contributed by atoms with van der Waals surface area (Å²) < 4.78 is 3.68. The molecule has 5 aromatic rings. The van der Waals surface area contributed by atoms with Crippen molar-refractivity contribution in [3.63, 3.8) is 0 Å². The summed E-state index contributed by atoms with van der Waals surface area (Å²) in [5.41, 5.74) is 2.00. The van der Waals surface area contributed by atoms with Gasteiger partial charge in [0.1, 0.15) is 11.6 Å². The molecular weight excluding hydrogens is 526 g/mol. The number of anilines is 1. The molecule has 0 aliphatic carbocycles. The molecule has 6 rings (SSSR count). The molecule has 2 N–H and O–H groups in total. The molecule has 9 heteroatoms. The lowest BCUT2D eigenvalue weighted by atomic mass is 10.0. The maximum absolute atomic E-state index is 13.1. The highest BCUT2D eigenvalue weighted by Crippen LogP contribution is 2.32. The van der Waals surface area contributed by atoms with Gasteiger partial charge in [-0.3, -0.25) is 4.79 Å². The third kappa shape index (κ3) is 4.15. The van der Waals surface area contributed by atoms with Gasteiger partial charge in [-0.25, -0.2) is 4.98 Å². The number of hydrogen-bond acceptors (Lipinski definition) is 6. The lowest BCUT2D eigenvalue weighted by molar-refractivity contribution is 0.0723. The van der Waals surface area contributed by atoms with E-state index in [0.29, 0.717) is 30.0 Å². The van der Waals surface area contributed by atoms with Gasteiger partial charge in [0, 0.05) is 35.5 Å². The Morgan fingerprint density at radius 1 is 1.09 bits per heavy atom. The number of thiophene rings is 1. The van der Waals surface area contributed by atoms with E-state index in [9.17, 15) is 9.90 Å². The summed E-state index contributed by atoms with van der Waals surface area (Å²) in [6.45, 7) is 1.38. The summed E-state index contributed by atoms with van der Waals surface area (Å²) in [5, 5.41) is 19.5. The van der Waals surface area contributed by atoms with E-state index < -0.39 is 0 Å². The molecule has 1 fully saturated rings.